The van der Waals surface area contributed by atoms with Gasteiger partial charge in [0.15, 0.2) is 0 Å². The highest BCUT2D eigenvalue weighted by Gasteiger charge is 2.44. The third kappa shape index (κ3) is 4.23. The van der Waals surface area contributed by atoms with Crippen LogP contribution in [0.2, 0.25) is 5.02 Å². The molecule has 1 unspecified atom stereocenters. The summed E-state index contributed by atoms with van der Waals surface area (Å²) in [6.07, 6.45) is 4.78. The smallest absolute Gasteiger partial charge is 0.227 e. The fourth-order valence-corrected chi connectivity index (χ4v) is 4.90. The van der Waals surface area contributed by atoms with Crippen LogP contribution in [0.3, 0.4) is 0 Å². The molecule has 0 saturated carbocycles. The first-order chi connectivity index (χ1) is 13.5. The molecule has 0 radical (unpaired) electrons. The molecule has 148 valence electrons. The standard InChI is InChI=1S/C23H26ClFN2O/c24-20-8-6-18(7-9-20)15-22(28)26-12-2-10-23(17-26)11-3-13-27(23)16-19-4-1-5-21(25)14-19/h1,4-9,14H,2-3,10-13,15-17H2. The summed E-state index contributed by atoms with van der Waals surface area (Å²) in [6.45, 7) is 3.35. The maximum absolute atomic E-state index is 13.6. The predicted molar refractivity (Wildman–Crippen MR) is 110 cm³/mol. The molecule has 3 nitrogen and oxygen atoms in total. The lowest BCUT2D eigenvalue weighted by molar-refractivity contribution is -0.134. The number of benzene rings is 2. The van der Waals surface area contributed by atoms with Gasteiger partial charge in [0.2, 0.25) is 5.91 Å². The highest BCUT2D eigenvalue weighted by Crippen LogP contribution is 2.38. The predicted octanol–water partition coefficient (Wildman–Crippen LogP) is 4.68. The average Bonchev–Trinajstić information content (AvgIpc) is 3.05. The van der Waals surface area contributed by atoms with Crippen molar-refractivity contribution < 1.29 is 9.18 Å². The number of carbonyl (C=O) groups is 1. The number of nitrogens with zero attached hydrogens (tertiary/aromatic N) is 2. The normalized spacial score (nSPS) is 22.7. The molecular formula is C23H26ClFN2O. The van der Waals surface area contributed by atoms with E-state index in [1.165, 1.54) is 6.07 Å². The van der Waals surface area contributed by atoms with E-state index in [1.54, 1.807) is 12.1 Å². The number of carbonyl (C=O) groups excluding carboxylic acids is 1. The Morgan fingerprint density at radius 2 is 1.79 bits per heavy atom. The van der Waals surface area contributed by atoms with Crippen molar-refractivity contribution in [3.05, 3.63) is 70.5 Å². The Bertz CT molecular complexity index is 841. The third-order valence-electron chi connectivity index (χ3n) is 6.18. The van der Waals surface area contributed by atoms with E-state index in [0.29, 0.717) is 11.4 Å². The topological polar surface area (TPSA) is 23.6 Å². The van der Waals surface area contributed by atoms with Crippen LogP contribution in [0, 0.1) is 5.82 Å². The fraction of sp³-hybridized carbons (Fsp3) is 0.435. The molecular weight excluding hydrogens is 375 g/mol. The molecule has 1 amide bonds. The molecule has 0 bridgehead atoms. The molecule has 1 spiro atoms. The lowest BCUT2D eigenvalue weighted by atomic mass is 9.86. The van der Waals surface area contributed by atoms with Gasteiger partial charge < -0.3 is 4.90 Å². The molecule has 2 aromatic rings. The van der Waals surface area contributed by atoms with Crippen molar-refractivity contribution in [1.82, 2.24) is 9.80 Å². The van der Waals surface area contributed by atoms with E-state index in [-0.39, 0.29) is 17.3 Å². The summed E-state index contributed by atoms with van der Waals surface area (Å²) in [5, 5.41) is 0.687. The van der Waals surface area contributed by atoms with Crippen LogP contribution in [-0.4, -0.2) is 40.9 Å². The Labute approximate surface area is 171 Å². The zero-order valence-corrected chi connectivity index (χ0v) is 16.8. The fourth-order valence-electron chi connectivity index (χ4n) is 4.77. The summed E-state index contributed by atoms with van der Waals surface area (Å²) in [7, 11) is 0. The zero-order valence-electron chi connectivity index (χ0n) is 16.0. The summed E-state index contributed by atoms with van der Waals surface area (Å²) < 4.78 is 13.6. The Hall–Kier alpha value is -1.91. The lowest BCUT2D eigenvalue weighted by Crippen LogP contribution is -2.56. The highest BCUT2D eigenvalue weighted by molar-refractivity contribution is 6.30. The van der Waals surface area contributed by atoms with Crippen LogP contribution < -0.4 is 0 Å². The number of halogens is 2. The molecule has 2 aromatic carbocycles. The Balaban J connectivity index is 1.45. The van der Waals surface area contributed by atoms with Crippen LogP contribution in [0.25, 0.3) is 0 Å². The zero-order chi connectivity index (χ0) is 19.6. The molecule has 0 aromatic heterocycles. The first-order valence-corrected chi connectivity index (χ1v) is 10.4. The largest absolute Gasteiger partial charge is 0.341 e. The van der Waals surface area contributed by atoms with Crippen molar-refractivity contribution in [3.63, 3.8) is 0 Å². The first kappa shape index (κ1) is 19.4. The maximum atomic E-state index is 13.6. The van der Waals surface area contributed by atoms with Crippen molar-refractivity contribution in [2.45, 2.75) is 44.2 Å². The van der Waals surface area contributed by atoms with Crippen LogP contribution in [0.4, 0.5) is 4.39 Å². The minimum absolute atomic E-state index is 0.0280. The molecule has 2 saturated heterocycles. The van der Waals surface area contributed by atoms with Gasteiger partial charge >= 0.3 is 0 Å². The van der Waals surface area contributed by atoms with Gasteiger partial charge in [0, 0.05) is 30.2 Å². The number of rotatable bonds is 4. The molecule has 28 heavy (non-hydrogen) atoms. The van der Waals surface area contributed by atoms with Crippen molar-refractivity contribution in [2.24, 2.45) is 0 Å². The molecule has 2 fully saturated rings. The molecule has 1 atom stereocenters. The Kier molecular flexibility index (Phi) is 5.70. The van der Waals surface area contributed by atoms with E-state index in [1.807, 2.05) is 35.2 Å². The molecule has 2 heterocycles. The van der Waals surface area contributed by atoms with Gasteiger partial charge in [0.05, 0.1) is 6.42 Å². The van der Waals surface area contributed by atoms with Gasteiger partial charge in [-0.15, -0.1) is 0 Å². The monoisotopic (exact) mass is 400 g/mol. The van der Waals surface area contributed by atoms with E-state index in [4.69, 9.17) is 11.6 Å². The van der Waals surface area contributed by atoms with Gasteiger partial charge in [0.25, 0.3) is 0 Å². The Morgan fingerprint density at radius 1 is 1.04 bits per heavy atom. The van der Waals surface area contributed by atoms with Gasteiger partial charge in [-0.05, 0) is 67.6 Å². The molecule has 4 rings (SSSR count). The molecule has 0 N–H and O–H groups in total. The van der Waals surface area contributed by atoms with Gasteiger partial charge in [-0.25, -0.2) is 4.39 Å². The van der Waals surface area contributed by atoms with Crippen molar-refractivity contribution in [2.75, 3.05) is 19.6 Å². The molecule has 5 heteroatoms. The summed E-state index contributed by atoms with van der Waals surface area (Å²) in [6, 6.07) is 14.4. The summed E-state index contributed by atoms with van der Waals surface area (Å²) in [5.74, 6) is -0.00633. The van der Waals surface area contributed by atoms with E-state index in [2.05, 4.69) is 4.90 Å². The summed E-state index contributed by atoms with van der Waals surface area (Å²) >= 11 is 5.95. The summed E-state index contributed by atoms with van der Waals surface area (Å²) in [5.41, 5.74) is 2.03. The SMILES string of the molecule is O=C(Cc1ccc(Cl)cc1)N1CCCC2(CCCN2Cc2cccc(F)c2)C1. The van der Waals surface area contributed by atoms with Crippen LogP contribution in [0.5, 0.6) is 0 Å². The van der Waals surface area contributed by atoms with Crippen LogP contribution in [0.15, 0.2) is 48.5 Å². The second-order valence-electron chi connectivity index (χ2n) is 8.10. The van der Waals surface area contributed by atoms with Crippen LogP contribution >= 0.6 is 11.6 Å². The van der Waals surface area contributed by atoms with Gasteiger partial charge in [-0.1, -0.05) is 35.9 Å². The van der Waals surface area contributed by atoms with Crippen molar-refractivity contribution in [1.29, 1.82) is 0 Å². The highest BCUT2D eigenvalue weighted by atomic mass is 35.5. The number of hydrogen-bond acceptors (Lipinski definition) is 2. The van der Waals surface area contributed by atoms with E-state index in [0.717, 1.165) is 63.0 Å². The molecule has 2 aliphatic heterocycles. The lowest BCUT2D eigenvalue weighted by Gasteiger charge is -2.46. The third-order valence-corrected chi connectivity index (χ3v) is 6.43. The van der Waals surface area contributed by atoms with Gasteiger partial charge in [-0.2, -0.15) is 0 Å². The van der Waals surface area contributed by atoms with Crippen LogP contribution in [0.1, 0.15) is 36.8 Å². The first-order valence-electron chi connectivity index (χ1n) is 10.1. The quantitative estimate of drug-likeness (QED) is 0.744. The molecule has 0 aliphatic carbocycles. The number of likely N-dealkylation sites (tertiary alicyclic amines) is 2. The minimum atomic E-state index is -0.186. The second kappa shape index (κ2) is 8.22. The van der Waals surface area contributed by atoms with Crippen LogP contribution in [-0.2, 0) is 17.8 Å². The minimum Gasteiger partial charge on any atom is -0.341 e. The van der Waals surface area contributed by atoms with Gasteiger partial charge in [0.1, 0.15) is 5.82 Å². The second-order valence-corrected chi connectivity index (χ2v) is 8.54. The number of piperidine rings is 1. The Morgan fingerprint density at radius 3 is 2.54 bits per heavy atom. The van der Waals surface area contributed by atoms with E-state index in [9.17, 15) is 9.18 Å². The van der Waals surface area contributed by atoms with E-state index < -0.39 is 0 Å². The number of amides is 1. The average molecular weight is 401 g/mol. The van der Waals surface area contributed by atoms with E-state index >= 15 is 0 Å². The molecule has 2 aliphatic rings. The maximum Gasteiger partial charge on any atom is 0.227 e. The summed E-state index contributed by atoms with van der Waals surface area (Å²) in [4.78, 5) is 17.4. The van der Waals surface area contributed by atoms with Gasteiger partial charge in [-0.3, -0.25) is 9.69 Å². The number of hydrogen-bond donors (Lipinski definition) is 0. The van der Waals surface area contributed by atoms with Crippen molar-refractivity contribution >= 4 is 17.5 Å². The van der Waals surface area contributed by atoms with Crippen molar-refractivity contribution in [3.8, 4) is 0 Å².